The first kappa shape index (κ1) is 22.0. The van der Waals surface area contributed by atoms with Crippen molar-refractivity contribution in [2.75, 3.05) is 13.2 Å². The lowest BCUT2D eigenvalue weighted by Gasteiger charge is -2.16. The molecule has 0 saturated heterocycles. The molecule has 1 aliphatic rings. The van der Waals surface area contributed by atoms with E-state index in [0.29, 0.717) is 34.5 Å². The summed E-state index contributed by atoms with van der Waals surface area (Å²) in [7, 11) is 0. The summed E-state index contributed by atoms with van der Waals surface area (Å²) in [6, 6.07) is 13.8. The third-order valence-electron chi connectivity index (χ3n) is 5.76. The van der Waals surface area contributed by atoms with Crippen LogP contribution in [-0.2, 0) is 6.42 Å². The first-order chi connectivity index (χ1) is 15.5. The van der Waals surface area contributed by atoms with Crippen LogP contribution in [0.4, 0.5) is 0 Å². The molecule has 4 rings (SSSR count). The van der Waals surface area contributed by atoms with Gasteiger partial charge < -0.3 is 19.7 Å². The number of nitrogens with one attached hydrogen (secondary N) is 1. The van der Waals surface area contributed by atoms with Gasteiger partial charge in [-0.25, -0.2) is 0 Å². The molecule has 166 valence electrons. The molecule has 1 aliphatic carbocycles. The van der Waals surface area contributed by atoms with Gasteiger partial charge in [-0.2, -0.15) is 10.2 Å². The third kappa shape index (κ3) is 4.52. The maximum atomic E-state index is 9.49. The number of hydrogen-bond acceptors (Lipinski definition) is 7. The summed E-state index contributed by atoms with van der Waals surface area (Å²) in [4.78, 5) is 4.63. The van der Waals surface area contributed by atoms with Crippen LogP contribution in [0, 0.1) is 11.3 Å². The number of aliphatic hydroxyl groups is 1. The maximum absolute atomic E-state index is 9.49. The number of aliphatic hydroxyl groups excluding tert-OH is 1. The monoisotopic (exact) mass is 432 g/mol. The minimum Gasteiger partial charge on any atom is -0.490 e. The minimum atomic E-state index is -0.0194. The fourth-order valence-electron chi connectivity index (χ4n) is 4.13. The number of fused-ring (bicyclic) bond motifs is 1. The molecule has 0 aliphatic heterocycles. The van der Waals surface area contributed by atoms with Crippen molar-refractivity contribution in [3.05, 3.63) is 53.1 Å². The molecule has 32 heavy (non-hydrogen) atoms. The van der Waals surface area contributed by atoms with Crippen LogP contribution in [0.5, 0.6) is 5.75 Å². The van der Waals surface area contributed by atoms with Gasteiger partial charge in [0.1, 0.15) is 11.8 Å². The Morgan fingerprint density at radius 3 is 2.88 bits per heavy atom. The van der Waals surface area contributed by atoms with Crippen molar-refractivity contribution in [1.29, 1.82) is 5.26 Å². The molecule has 0 fully saturated rings. The van der Waals surface area contributed by atoms with E-state index >= 15 is 0 Å². The zero-order valence-corrected chi connectivity index (χ0v) is 18.6. The van der Waals surface area contributed by atoms with Gasteiger partial charge in [-0.15, -0.1) is 0 Å². The van der Waals surface area contributed by atoms with Crippen molar-refractivity contribution in [2.24, 2.45) is 0 Å². The molecular formula is C25H28N4O3. The molecule has 2 atom stereocenters. The Bertz CT molecular complexity index is 1130. The molecule has 0 spiro atoms. The molecule has 2 N–H and O–H groups in total. The van der Waals surface area contributed by atoms with E-state index in [1.165, 1.54) is 11.1 Å². The van der Waals surface area contributed by atoms with E-state index in [2.05, 4.69) is 27.6 Å². The highest BCUT2D eigenvalue weighted by molar-refractivity contribution is 5.67. The van der Waals surface area contributed by atoms with E-state index in [1.807, 2.05) is 39.0 Å². The van der Waals surface area contributed by atoms with E-state index < -0.39 is 0 Å². The summed E-state index contributed by atoms with van der Waals surface area (Å²) >= 11 is 0. The molecule has 0 amide bonds. The average molecular weight is 433 g/mol. The Morgan fingerprint density at radius 1 is 1.28 bits per heavy atom. The largest absolute Gasteiger partial charge is 0.490 e. The van der Waals surface area contributed by atoms with Gasteiger partial charge in [0.05, 0.1) is 18.3 Å². The van der Waals surface area contributed by atoms with Gasteiger partial charge in [0.25, 0.3) is 5.89 Å². The van der Waals surface area contributed by atoms with E-state index in [9.17, 15) is 10.4 Å². The molecule has 1 aromatic heterocycles. The highest BCUT2D eigenvalue weighted by Gasteiger charge is 2.26. The number of aromatic nitrogens is 2. The second-order valence-electron chi connectivity index (χ2n) is 8.51. The second-order valence-corrected chi connectivity index (χ2v) is 8.51. The quantitative estimate of drug-likeness (QED) is 0.553. The summed E-state index contributed by atoms with van der Waals surface area (Å²) in [6.45, 7) is 6.78. The van der Waals surface area contributed by atoms with Crippen LogP contribution in [0.1, 0.15) is 49.8 Å². The van der Waals surface area contributed by atoms with Crippen LogP contribution in [0.15, 0.2) is 40.9 Å². The molecule has 1 heterocycles. The van der Waals surface area contributed by atoms with Crippen molar-refractivity contribution < 1.29 is 14.4 Å². The lowest BCUT2D eigenvalue weighted by molar-refractivity contribution is 0.241. The maximum Gasteiger partial charge on any atom is 0.258 e. The van der Waals surface area contributed by atoms with Crippen molar-refractivity contribution in [3.63, 3.8) is 0 Å². The van der Waals surface area contributed by atoms with Crippen molar-refractivity contribution in [2.45, 2.75) is 51.7 Å². The van der Waals surface area contributed by atoms with Crippen LogP contribution in [0.25, 0.3) is 22.8 Å². The van der Waals surface area contributed by atoms with E-state index in [-0.39, 0.29) is 18.8 Å². The highest BCUT2D eigenvalue weighted by atomic mass is 16.5. The van der Waals surface area contributed by atoms with Gasteiger partial charge in [0.2, 0.25) is 5.82 Å². The van der Waals surface area contributed by atoms with Gasteiger partial charge in [0, 0.05) is 23.7 Å². The second kappa shape index (κ2) is 9.51. The standard InChI is InChI=1S/C25H28N4O3/c1-15(2)31-23-10-8-17(11-19(23)12-26)25-28-24(29-32-25)22-6-4-5-20-18(7-9-21(20)22)13-27-16(3)14-30/h4-6,8,10-11,15-16,18,27,30H,7,9,13-14H2,1-3H3/t16-,18?/m0/s1. The molecule has 3 aromatic rings. The molecule has 2 aromatic carbocycles. The zero-order valence-electron chi connectivity index (χ0n) is 18.6. The van der Waals surface area contributed by atoms with Crippen molar-refractivity contribution >= 4 is 0 Å². The van der Waals surface area contributed by atoms with E-state index in [4.69, 9.17) is 9.26 Å². The van der Waals surface area contributed by atoms with Gasteiger partial charge in [0.15, 0.2) is 0 Å². The highest BCUT2D eigenvalue weighted by Crippen LogP contribution is 2.38. The first-order valence-electron chi connectivity index (χ1n) is 11.0. The zero-order chi connectivity index (χ0) is 22.7. The van der Waals surface area contributed by atoms with E-state index in [1.54, 1.807) is 12.1 Å². The Morgan fingerprint density at radius 2 is 2.12 bits per heavy atom. The van der Waals surface area contributed by atoms with Gasteiger partial charge in [-0.05, 0) is 68.9 Å². The molecule has 0 bridgehead atoms. The average Bonchev–Trinajstić information content (AvgIpc) is 3.44. The summed E-state index contributed by atoms with van der Waals surface area (Å²) in [5.41, 5.74) is 4.65. The summed E-state index contributed by atoms with van der Waals surface area (Å²) in [5.74, 6) is 1.87. The number of nitrogens with zero attached hydrogens (tertiary/aromatic N) is 3. The van der Waals surface area contributed by atoms with Crippen molar-refractivity contribution in [3.8, 4) is 34.7 Å². The van der Waals surface area contributed by atoms with Gasteiger partial charge in [-0.1, -0.05) is 23.4 Å². The number of ether oxygens (including phenoxy) is 1. The predicted molar refractivity (Wildman–Crippen MR) is 121 cm³/mol. The smallest absolute Gasteiger partial charge is 0.258 e. The molecule has 1 unspecified atom stereocenters. The van der Waals surface area contributed by atoms with Gasteiger partial charge in [-0.3, -0.25) is 0 Å². The first-order valence-corrected chi connectivity index (χ1v) is 11.0. The van der Waals surface area contributed by atoms with Crippen LogP contribution in [0.2, 0.25) is 0 Å². The molecular weight excluding hydrogens is 404 g/mol. The fraction of sp³-hybridized carbons (Fsp3) is 0.400. The lowest BCUT2D eigenvalue weighted by atomic mass is 9.98. The number of benzene rings is 2. The van der Waals surface area contributed by atoms with Crippen LogP contribution in [0.3, 0.4) is 0 Å². The number of nitriles is 1. The number of hydrogen-bond donors (Lipinski definition) is 2. The van der Waals surface area contributed by atoms with Crippen LogP contribution in [-0.4, -0.2) is 40.5 Å². The number of rotatable bonds is 8. The Hall–Kier alpha value is -3.21. The third-order valence-corrected chi connectivity index (χ3v) is 5.76. The van der Waals surface area contributed by atoms with Crippen LogP contribution < -0.4 is 10.1 Å². The molecule has 0 saturated carbocycles. The molecule has 7 nitrogen and oxygen atoms in total. The fourth-order valence-corrected chi connectivity index (χ4v) is 4.13. The Labute approximate surface area is 188 Å². The molecule has 7 heteroatoms. The topological polar surface area (TPSA) is 104 Å². The Kier molecular flexibility index (Phi) is 6.54. The molecule has 0 radical (unpaired) electrons. The summed E-state index contributed by atoms with van der Waals surface area (Å²) in [5, 5.41) is 26.4. The minimum absolute atomic E-state index is 0.0194. The van der Waals surface area contributed by atoms with Crippen molar-refractivity contribution in [1.82, 2.24) is 15.5 Å². The van der Waals surface area contributed by atoms with E-state index in [0.717, 1.165) is 24.9 Å². The summed E-state index contributed by atoms with van der Waals surface area (Å²) < 4.78 is 11.2. The van der Waals surface area contributed by atoms with Gasteiger partial charge >= 0.3 is 0 Å². The normalized spacial score (nSPS) is 16.1. The van der Waals surface area contributed by atoms with Crippen LogP contribution >= 0.6 is 0 Å². The SMILES string of the molecule is CC(C)Oc1ccc(-c2nc(-c3cccc4c3CCC4CN[C@@H](C)CO)no2)cc1C#N. The predicted octanol–water partition coefficient (Wildman–Crippen LogP) is 4.06. The lowest BCUT2D eigenvalue weighted by Crippen LogP contribution is -2.32. The Balaban J connectivity index is 1.59. The summed E-state index contributed by atoms with van der Waals surface area (Å²) in [6.07, 6.45) is 1.98.